The first-order chi connectivity index (χ1) is 7.51. The molecule has 0 radical (unpaired) electrons. The van der Waals surface area contributed by atoms with Gasteiger partial charge in [0.25, 0.3) is 0 Å². The molecule has 0 unspecified atom stereocenters. The van der Waals surface area contributed by atoms with E-state index in [2.05, 4.69) is 47.7 Å². The molecule has 2 atom stereocenters. The molecule has 0 aromatic carbocycles. The van der Waals surface area contributed by atoms with Crippen LogP contribution >= 0.6 is 0 Å². The normalized spacial score (nSPS) is 26.1. The Morgan fingerprint density at radius 1 is 1.18 bits per heavy atom. The van der Waals surface area contributed by atoms with E-state index >= 15 is 0 Å². The number of epoxide rings is 1. The SMILES string of the molecule is CC(C)(CO[Si](C)(C)C(C)(C)C)[C@H]1O[C@@H]1CO. The Balaban J connectivity index is 2.51. The Morgan fingerprint density at radius 2 is 1.71 bits per heavy atom. The quantitative estimate of drug-likeness (QED) is 0.610. The molecule has 3 nitrogen and oxygen atoms in total. The highest BCUT2D eigenvalue weighted by Gasteiger charge is 2.50. The second-order valence-corrected chi connectivity index (χ2v) is 12.1. The van der Waals surface area contributed by atoms with Crippen molar-refractivity contribution in [3.05, 3.63) is 0 Å². The lowest BCUT2D eigenvalue weighted by Crippen LogP contribution is -2.44. The van der Waals surface area contributed by atoms with Crippen LogP contribution in [0.3, 0.4) is 0 Å². The maximum atomic E-state index is 9.04. The predicted octanol–water partition coefficient (Wildman–Crippen LogP) is 2.79. The lowest BCUT2D eigenvalue weighted by atomic mass is 9.89. The van der Waals surface area contributed by atoms with Crippen molar-refractivity contribution in [1.29, 1.82) is 0 Å². The maximum absolute atomic E-state index is 9.04. The summed E-state index contributed by atoms with van der Waals surface area (Å²) in [6.45, 7) is 16.4. The van der Waals surface area contributed by atoms with Gasteiger partial charge in [0.2, 0.25) is 0 Å². The van der Waals surface area contributed by atoms with Crippen LogP contribution in [0.5, 0.6) is 0 Å². The van der Waals surface area contributed by atoms with Crippen LogP contribution in [0.1, 0.15) is 34.6 Å². The van der Waals surface area contributed by atoms with Crippen LogP contribution in [-0.4, -0.2) is 38.8 Å². The monoisotopic (exact) mass is 260 g/mol. The first-order valence-corrected chi connectivity index (χ1v) is 9.32. The molecule has 0 aromatic rings. The lowest BCUT2D eigenvalue weighted by Gasteiger charge is -2.38. The van der Waals surface area contributed by atoms with Crippen molar-refractivity contribution < 1.29 is 14.3 Å². The van der Waals surface area contributed by atoms with Gasteiger partial charge in [-0.3, -0.25) is 0 Å². The molecule has 1 heterocycles. The minimum atomic E-state index is -1.68. The van der Waals surface area contributed by atoms with Crippen LogP contribution in [0.2, 0.25) is 18.1 Å². The molecule has 1 aliphatic heterocycles. The average Bonchev–Trinajstić information content (AvgIpc) is 2.92. The molecule has 0 aliphatic carbocycles. The third kappa shape index (κ3) is 3.53. The smallest absolute Gasteiger partial charge is 0.192 e. The minimum Gasteiger partial charge on any atom is -0.416 e. The van der Waals surface area contributed by atoms with E-state index in [0.717, 1.165) is 0 Å². The Bertz CT molecular complexity index is 268. The standard InChI is InChI=1S/C13H28O3Si/c1-12(2,3)17(6,7)15-9-13(4,5)11-10(8-14)16-11/h10-11,14H,8-9H2,1-7H3/t10-,11+/m1/s1. The first-order valence-electron chi connectivity index (χ1n) is 6.41. The summed E-state index contributed by atoms with van der Waals surface area (Å²) in [6.07, 6.45) is 0.172. The summed E-state index contributed by atoms with van der Waals surface area (Å²) >= 11 is 0. The molecule has 102 valence electrons. The fourth-order valence-corrected chi connectivity index (χ4v) is 2.80. The fraction of sp³-hybridized carbons (Fsp3) is 1.00. The average molecular weight is 260 g/mol. The molecule has 0 aromatic heterocycles. The summed E-state index contributed by atoms with van der Waals surface area (Å²) in [5, 5.41) is 9.28. The predicted molar refractivity (Wildman–Crippen MR) is 72.7 cm³/mol. The van der Waals surface area contributed by atoms with E-state index in [1.165, 1.54) is 0 Å². The second kappa shape index (κ2) is 4.65. The van der Waals surface area contributed by atoms with Gasteiger partial charge in [0.05, 0.1) is 12.7 Å². The largest absolute Gasteiger partial charge is 0.416 e. The molecule has 1 aliphatic rings. The van der Waals surface area contributed by atoms with Crippen LogP contribution in [0.15, 0.2) is 0 Å². The van der Waals surface area contributed by atoms with Crippen LogP contribution in [0, 0.1) is 5.41 Å². The molecule has 1 N–H and O–H groups in total. The Labute approximate surface area is 107 Å². The van der Waals surface area contributed by atoms with E-state index in [4.69, 9.17) is 14.3 Å². The van der Waals surface area contributed by atoms with E-state index in [1.807, 2.05) is 0 Å². The molecule has 0 saturated carbocycles. The topological polar surface area (TPSA) is 42.0 Å². The van der Waals surface area contributed by atoms with Gasteiger partial charge in [-0.2, -0.15) is 0 Å². The highest BCUT2D eigenvalue weighted by Crippen LogP contribution is 2.42. The highest BCUT2D eigenvalue weighted by atomic mass is 28.4. The van der Waals surface area contributed by atoms with Gasteiger partial charge in [0.1, 0.15) is 6.10 Å². The Hall–Kier alpha value is 0.0969. The van der Waals surface area contributed by atoms with Gasteiger partial charge in [-0.25, -0.2) is 0 Å². The number of ether oxygens (including phenoxy) is 1. The van der Waals surface area contributed by atoms with Crippen molar-refractivity contribution in [1.82, 2.24) is 0 Å². The van der Waals surface area contributed by atoms with Crippen molar-refractivity contribution in [2.24, 2.45) is 5.41 Å². The van der Waals surface area contributed by atoms with Crippen LogP contribution in [-0.2, 0) is 9.16 Å². The van der Waals surface area contributed by atoms with Gasteiger partial charge in [-0.15, -0.1) is 0 Å². The second-order valence-electron chi connectivity index (χ2n) is 7.32. The third-order valence-corrected chi connectivity index (χ3v) is 8.62. The van der Waals surface area contributed by atoms with Gasteiger partial charge in [-0.05, 0) is 18.1 Å². The number of hydrogen-bond donors (Lipinski definition) is 1. The van der Waals surface area contributed by atoms with Gasteiger partial charge < -0.3 is 14.3 Å². The summed E-state index contributed by atoms with van der Waals surface area (Å²) < 4.78 is 11.7. The summed E-state index contributed by atoms with van der Waals surface area (Å²) in [5.74, 6) is 0. The van der Waals surface area contributed by atoms with Crippen molar-refractivity contribution in [3.63, 3.8) is 0 Å². The molecular weight excluding hydrogens is 232 g/mol. The summed E-state index contributed by atoms with van der Waals surface area (Å²) in [7, 11) is -1.68. The van der Waals surface area contributed by atoms with Crippen molar-refractivity contribution in [3.8, 4) is 0 Å². The minimum absolute atomic E-state index is 0.0110. The number of rotatable bonds is 5. The number of hydrogen-bond acceptors (Lipinski definition) is 3. The van der Waals surface area contributed by atoms with E-state index < -0.39 is 8.32 Å². The van der Waals surface area contributed by atoms with E-state index in [1.54, 1.807) is 0 Å². The van der Waals surface area contributed by atoms with Crippen molar-refractivity contribution in [2.75, 3.05) is 13.2 Å². The molecule has 1 fully saturated rings. The van der Waals surface area contributed by atoms with Gasteiger partial charge in [0, 0.05) is 12.0 Å². The zero-order valence-electron chi connectivity index (χ0n) is 12.3. The van der Waals surface area contributed by atoms with E-state index in [9.17, 15) is 0 Å². The third-order valence-electron chi connectivity index (χ3n) is 4.14. The lowest BCUT2D eigenvalue weighted by molar-refractivity contribution is 0.129. The number of aliphatic hydroxyl groups excluding tert-OH is 1. The van der Waals surface area contributed by atoms with Gasteiger partial charge >= 0.3 is 0 Å². The van der Waals surface area contributed by atoms with Crippen molar-refractivity contribution >= 4 is 8.32 Å². The molecule has 4 heteroatoms. The molecule has 0 spiro atoms. The Morgan fingerprint density at radius 3 is 2.06 bits per heavy atom. The zero-order chi connectivity index (χ0) is 13.5. The molecular formula is C13H28O3Si. The van der Waals surface area contributed by atoms with Gasteiger partial charge in [-0.1, -0.05) is 34.6 Å². The zero-order valence-corrected chi connectivity index (χ0v) is 13.3. The summed E-state index contributed by atoms with van der Waals surface area (Å²) in [4.78, 5) is 0. The number of aliphatic hydroxyl groups is 1. The van der Waals surface area contributed by atoms with Gasteiger partial charge in [0.15, 0.2) is 8.32 Å². The van der Waals surface area contributed by atoms with Crippen LogP contribution in [0.4, 0.5) is 0 Å². The molecule has 1 saturated heterocycles. The Kier molecular flexibility index (Phi) is 4.14. The summed E-state index contributed by atoms with van der Waals surface area (Å²) in [5.41, 5.74) is -0.0110. The molecule has 0 amide bonds. The van der Waals surface area contributed by atoms with Crippen LogP contribution in [0.25, 0.3) is 0 Å². The van der Waals surface area contributed by atoms with E-state index in [-0.39, 0.29) is 29.3 Å². The highest BCUT2D eigenvalue weighted by molar-refractivity contribution is 6.74. The van der Waals surface area contributed by atoms with E-state index in [0.29, 0.717) is 6.61 Å². The molecule has 17 heavy (non-hydrogen) atoms. The maximum Gasteiger partial charge on any atom is 0.192 e. The molecule has 0 bridgehead atoms. The van der Waals surface area contributed by atoms with Crippen LogP contribution < -0.4 is 0 Å². The summed E-state index contributed by atoms with van der Waals surface area (Å²) in [6, 6.07) is 0. The fourth-order valence-electron chi connectivity index (χ4n) is 1.63. The van der Waals surface area contributed by atoms with Crippen molar-refractivity contribution in [2.45, 2.75) is 65.0 Å². The first kappa shape index (κ1) is 15.2. The molecule has 1 rings (SSSR count).